The Morgan fingerprint density at radius 2 is 2.12 bits per heavy atom. The van der Waals surface area contributed by atoms with Crippen LogP contribution >= 0.6 is 0 Å². The number of nitrogens with one attached hydrogen (secondary N) is 1. The zero-order chi connectivity index (χ0) is 12.1. The Morgan fingerprint density at radius 1 is 1.29 bits per heavy atom. The molecule has 0 spiro atoms. The fourth-order valence-corrected chi connectivity index (χ4v) is 1.74. The minimum Gasteiger partial charge on any atom is -0.457 e. The van der Waals surface area contributed by atoms with E-state index in [4.69, 9.17) is 4.42 Å². The quantitative estimate of drug-likeness (QED) is 0.788. The predicted molar refractivity (Wildman–Crippen MR) is 73.0 cm³/mol. The largest absolute Gasteiger partial charge is 0.457 e. The van der Waals surface area contributed by atoms with Crippen molar-refractivity contribution in [2.24, 2.45) is 0 Å². The standard InChI is InChI=1S/C15H19NO/c1-12(2)16-10-6-5-8-14-11-13-7-3-4-9-15(13)17-14/h3-5,7-9,11-12,16H,6,10H2,1-2H3/b8-5+. The number of rotatable bonds is 5. The minimum atomic E-state index is 0.551. The fourth-order valence-electron chi connectivity index (χ4n) is 1.74. The average Bonchev–Trinajstić information content (AvgIpc) is 2.70. The highest BCUT2D eigenvalue weighted by atomic mass is 16.3. The van der Waals surface area contributed by atoms with E-state index in [1.807, 2.05) is 24.3 Å². The second-order valence-corrected chi connectivity index (χ2v) is 4.49. The molecule has 0 bridgehead atoms. The lowest BCUT2D eigenvalue weighted by Gasteiger charge is -2.04. The lowest BCUT2D eigenvalue weighted by atomic mass is 10.2. The van der Waals surface area contributed by atoms with Crippen LogP contribution in [0.15, 0.2) is 40.8 Å². The van der Waals surface area contributed by atoms with Crippen molar-refractivity contribution in [1.82, 2.24) is 5.32 Å². The highest BCUT2D eigenvalue weighted by molar-refractivity contribution is 5.79. The summed E-state index contributed by atoms with van der Waals surface area (Å²) in [6, 6.07) is 10.7. The molecular formula is C15H19NO. The number of para-hydroxylation sites is 1. The molecule has 17 heavy (non-hydrogen) atoms. The van der Waals surface area contributed by atoms with Crippen LogP contribution in [0.1, 0.15) is 26.0 Å². The Balaban J connectivity index is 1.92. The van der Waals surface area contributed by atoms with Gasteiger partial charge in [-0.3, -0.25) is 0 Å². The van der Waals surface area contributed by atoms with Crippen LogP contribution in [0.4, 0.5) is 0 Å². The van der Waals surface area contributed by atoms with E-state index in [9.17, 15) is 0 Å². The minimum absolute atomic E-state index is 0.551. The van der Waals surface area contributed by atoms with Crippen LogP contribution in [0, 0.1) is 0 Å². The summed E-state index contributed by atoms with van der Waals surface area (Å²) in [6.45, 7) is 5.32. The van der Waals surface area contributed by atoms with Crippen molar-refractivity contribution in [3.05, 3.63) is 42.2 Å². The van der Waals surface area contributed by atoms with Gasteiger partial charge in [-0.1, -0.05) is 38.1 Å². The molecule has 2 heteroatoms. The molecule has 1 N–H and O–H groups in total. The molecule has 0 atom stereocenters. The first kappa shape index (κ1) is 11.9. The molecule has 2 aromatic rings. The van der Waals surface area contributed by atoms with E-state index in [-0.39, 0.29) is 0 Å². The third-order valence-electron chi connectivity index (χ3n) is 2.59. The predicted octanol–water partition coefficient (Wildman–Crippen LogP) is 3.83. The first-order valence-corrected chi connectivity index (χ1v) is 6.14. The van der Waals surface area contributed by atoms with Crippen LogP contribution in [-0.2, 0) is 0 Å². The number of hydrogen-bond acceptors (Lipinski definition) is 2. The van der Waals surface area contributed by atoms with Gasteiger partial charge in [-0.25, -0.2) is 0 Å². The van der Waals surface area contributed by atoms with Gasteiger partial charge in [-0.15, -0.1) is 0 Å². The van der Waals surface area contributed by atoms with Crippen molar-refractivity contribution in [3.63, 3.8) is 0 Å². The molecule has 0 saturated heterocycles. The van der Waals surface area contributed by atoms with Gasteiger partial charge < -0.3 is 9.73 Å². The van der Waals surface area contributed by atoms with Gasteiger partial charge >= 0.3 is 0 Å². The van der Waals surface area contributed by atoms with E-state index in [0.29, 0.717) is 6.04 Å². The highest BCUT2D eigenvalue weighted by Crippen LogP contribution is 2.19. The van der Waals surface area contributed by atoms with E-state index in [1.165, 1.54) is 0 Å². The van der Waals surface area contributed by atoms with Crippen LogP contribution in [-0.4, -0.2) is 12.6 Å². The summed E-state index contributed by atoms with van der Waals surface area (Å²) < 4.78 is 5.69. The summed E-state index contributed by atoms with van der Waals surface area (Å²) in [4.78, 5) is 0. The summed E-state index contributed by atoms with van der Waals surface area (Å²) in [5.74, 6) is 0.927. The summed E-state index contributed by atoms with van der Waals surface area (Å²) in [7, 11) is 0. The topological polar surface area (TPSA) is 25.2 Å². The van der Waals surface area contributed by atoms with Gasteiger partial charge in [0, 0.05) is 11.4 Å². The summed E-state index contributed by atoms with van der Waals surface area (Å²) in [6.07, 6.45) is 5.21. The molecule has 0 aliphatic rings. The Bertz CT molecular complexity index is 463. The molecule has 2 nitrogen and oxygen atoms in total. The zero-order valence-corrected chi connectivity index (χ0v) is 10.4. The first-order valence-electron chi connectivity index (χ1n) is 6.14. The highest BCUT2D eigenvalue weighted by Gasteiger charge is 1.98. The zero-order valence-electron chi connectivity index (χ0n) is 10.4. The molecule has 1 heterocycles. The van der Waals surface area contributed by atoms with Crippen molar-refractivity contribution in [1.29, 1.82) is 0 Å². The molecule has 0 amide bonds. The molecule has 0 saturated carbocycles. The van der Waals surface area contributed by atoms with Gasteiger partial charge in [-0.05, 0) is 31.2 Å². The maximum Gasteiger partial charge on any atom is 0.134 e. The molecule has 1 aromatic heterocycles. The van der Waals surface area contributed by atoms with E-state index < -0.39 is 0 Å². The van der Waals surface area contributed by atoms with Crippen LogP contribution in [0.3, 0.4) is 0 Å². The second-order valence-electron chi connectivity index (χ2n) is 4.49. The molecule has 0 aliphatic heterocycles. The van der Waals surface area contributed by atoms with Crippen molar-refractivity contribution >= 4 is 17.0 Å². The fraction of sp³-hybridized carbons (Fsp3) is 0.333. The molecule has 90 valence electrons. The van der Waals surface area contributed by atoms with Crippen LogP contribution in [0.2, 0.25) is 0 Å². The average molecular weight is 229 g/mol. The van der Waals surface area contributed by atoms with Crippen LogP contribution in [0.25, 0.3) is 17.0 Å². The number of benzene rings is 1. The summed E-state index contributed by atoms with van der Waals surface area (Å²) >= 11 is 0. The Kier molecular flexibility index (Phi) is 3.99. The second kappa shape index (κ2) is 5.69. The van der Waals surface area contributed by atoms with Gasteiger partial charge in [0.2, 0.25) is 0 Å². The lowest BCUT2D eigenvalue weighted by molar-refractivity contribution is 0.593. The molecule has 2 rings (SSSR count). The molecule has 0 unspecified atom stereocenters. The van der Waals surface area contributed by atoms with Crippen LogP contribution in [0.5, 0.6) is 0 Å². The summed E-state index contributed by atoms with van der Waals surface area (Å²) in [5, 5.41) is 4.54. The third-order valence-corrected chi connectivity index (χ3v) is 2.59. The van der Waals surface area contributed by atoms with Gasteiger partial charge in [-0.2, -0.15) is 0 Å². The van der Waals surface area contributed by atoms with Crippen molar-refractivity contribution < 1.29 is 4.42 Å². The van der Waals surface area contributed by atoms with Gasteiger partial charge in [0.15, 0.2) is 0 Å². The van der Waals surface area contributed by atoms with E-state index in [1.54, 1.807) is 0 Å². The van der Waals surface area contributed by atoms with E-state index in [2.05, 4.69) is 37.4 Å². The Hall–Kier alpha value is -1.54. The molecule has 0 aliphatic carbocycles. The first-order chi connectivity index (χ1) is 8.25. The van der Waals surface area contributed by atoms with E-state index >= 15 is 0 Å². The SMILES string of the molecule is CC(C)NCC/C=C/c1cc2ccccc2o1. The van der Waals surface area contributed by atoms with Gasteiger partial charge in [0.25, 0.3) is 0 Å². The maximum absolute atomic E-state index is 5.69. The van der Waals surface area contributed by atoms with Gasteiger partial charge in [0.1, 0.15) is 11.3 Å². The van der Waals surface area contributed by atoms with Crippen molar-refractivity contribution in [2.45, 2.75) is 26.3 Å². The van der Waals surface area contributed by atoms with E-state index in [0.717, 1.165) is 29.7 Å². The monoisotopic (exact) mass is 229 g/mol. The molecule has 0 radical (unpaired) electrons. The number of hydrogen-bond donors (Lipinski definition) is 1. The van der Waals surface area contributed by atoms with Crippen LogP contribution < -0.4 is 5.32 Å². The summed E-state index contributed by atoms with van der Waals surface area (Å²) in [5.41, 5.74) is 0.951. The maximum atomic E-state index is 5.69. The van der Waals surface area contributed by atoms with Gasteiger partial charge in [0.05, 0.1) is 0 Å². The lowest BCUT2D eigenvalue weighted by Crippen LogP contribution is -2.23. The third kappa shape index (κ3) is 3.46. The number of fused-ring (bicyclic) bond motifs is 1. The number of furan rings is 1. The van der Waals surface area contributed by atoms with Crippen molar-refractivity contribution in [2.75, 3.05) is 6.54 Å². The Morgan fingerprint density at radius 3 is 2.88 bits per heavy atom. The molecular weight excluding hydrogens is 210 g/mol. The van der Waals surface area contributed by atoms with Crippen molar-refractivity contribution in [3.8, 4) is 0 Å². The normalized spacial score (nSPS) is 11.9. The Labute approximate surface area is 102 Å². The molecule has 1 aromatic carbocycles. The molecule has 0 fully saturated rings. The smallest absolute Gasteiger partial charge is 0.134 e.